The van der Waals surface area contributed by atoms with Crippen LogP contribution < -0.4 is 10.2 Å². The first-order valence-electron chi connectivity index (χ1n) is 8.80. The predicted octanol–water partition coefficient (Wildman–Crippen LogP) is 1.40. The number of nitrogens with zero attached hydrogens (tertiary/aromatic N) is 3. The van der Waals surface area contributed by atoms with Gasteiger partial charge in [-0.1, -0.05) is 18.2 Å². The Morgan fingerprint density at radius 3 is 2.62 bits per heavy atom. The van der Waals surface area contributed by atoms with Crippen LogP contribution in [0.2, 0.25) is 0 Å². The van der Waals surface area contributed by atoms with E-state index in [0.29, 0.717) is 43.9 Å². The number of rotatable bonds is 5. The normalized spacial score (nSPS) is 23.7. The van der Waals surface area contributed by atoms with Crippen molar-refractivity contribution in [1.82, 2.24) is 15.3 Å². The number of aliphatic hydroxyl groups is 1. The summed E-state index contributed by atoms with van der Waals surface area (Å²) in [6, 6.07) is 8.15. The number of hydrogen-bond donors (Lipinski definition) is 2. The Hall–Kier alpha value is -2.54. The molecule has 136 valence electrons. The van der Waals surface area contributed by atoms with E-state index in [0.717, 1.165) is 0 Å². The zero-order chi connectivity index (χ0) is 18.2. The number of halogens is 1. The lowest BCUT2D eigenvalue weighted by molar-refractivity contribution is -0.124. The summed E-state index contributed by atoms with van der Waals surface area (Å²) in [6.07, 6.45) is 5.09. The van der Waals surface area contributed by atoms with Gasteiger partial charge in [-0.3, -0.25) is 4.79 Å². The van der Waals surface area contributed by atoms with E-state index in [1.165, 1.54) is 6.07 Å². The number of nitrogens with one attached hydrogen (secondary N) is 1. The molecule has 26 heavy (non-hydrogen) atoms. The van der Waals surface area contributed by atoms with Crippen LogP contribution in [0, 0.1) is 5.82 Å². The monoisotopic (exact) mass is 356 g/mol. The second kappa shape index (κ2) is 6.32. The van der Waals surface area contributed by atoms with Crippen molar-refractivity contribution >= 4 is 11.9 Å². The van der Waals surface area contributed by atoms with E-state index in [2.05, 4.69) is 15.3 Å². The molecule has 1 aromatic heterocycles. The van der Waals surface area contributed by atoms with E-state index >= 15 is 0 Å². The van der Waals surface area contributed by atoms with Gasteiger partial charge in [0.25, 0.3) is 0 Å². The second-order valence-electron chi connectivity index (χ2n) is 7.19. The van der Waals surface area contributed by atoms with E-state index < -0.39 is 11.0 Å². The molecule has 2 N–H and O–H groups in total. The average molecular weight is 356 g/mol. The van der Waals surface area contributed by atoms with Crippen LogP contribution in [0.3, 0.4) is 0 Å². The molecule has 2 heterocycles. The van der Waals surface area contributed by atoms with Crippen LogP contribution in [0.1, 0.15) is 24.8 Å². The fourth-order valence-electron chi connectivity index (χ4n) is 3.63. The molecule has 1 saturated carbocycles. The summed E-state index contributed by atoms with van der Waals surface area (Å²) in [6.45, 7) is 1.10. The Kier molecular flexibility index (Phi) is 4.11. The molecular formula is C19H21FN4O2. The summed E-state index contributed by atoms with van der Waals surface area (Å²) in [7, 11) is 0. The number of amides is 1. The molecule has 0 radical (unpaired) electrons. The minimum Gasteiger partial charge on any atom is -0.386 e. The lowest BCUT2D eigenvalue weighted by Crippen LogP contribution is -2.47. The molecule has 1 aliphatic heterocycles. The average Bonchev–Trinajstić information content (AvgIpc) is 3.37. The van der Waals surface area contributed by atoms with Crippen molar-refractivity contribution in [2.24, 2.45) is 0 Å². The van der Waals surface area contributed by atoms with Crippen molar-refractivity contribution in [3.05, 3.63) is 54.1 Å². The molecule has 2 aliphatic rings. The Bertz CT molecular complexity index is 812. The summed E-state index contributed by atoms with van der Waals surface area (Å²) >= 11 is 0. The first-order valence-corrected chi connectivity index (χ1v) is 8.80. The van der Waals surface area contributed by atoms with E-state index in [9.17, 15) is 14.3 Å². The van der Waals surface area contributed by atoms with Crippen molar-refractivity contribution < 1.29 is 14.3 Å². The number of hydrogen-bond acceptors (Lipinski definition) is 5. The van der Waals surface area contributed by atoms with Crippen molar-refractivity contribution in [3.8, 4) is 0 Å². The zero-order valence-corrected chi connectivity index (χ0v) is 14.4. The molecular weight excluding hydrogens is 335 g/mol. The van der Waals surface area contributed by atoms with Gasteiger partial charge in [0.15, 0.2) is 0 Å². The summed E-state index contributed by atoms with van der Waals surface area (Å²) < 4.78 is 14.1. The van der Waals surface area contributed by atoms with Gasteiger partial charge in [0.05, 0.1) is 12.0 Å². The molecule has 1 unspecified atom stereocenters. The van der Waals surface area contributed by atoms with Crippen LogP contribution >= 0.6 is 0 Å². The predicted molar refractivity (Wildman–Crippen MR) is 94.1 cm³/mol. The van der Waals surface area contributed by atoms with Crippen LogP contribution in [-0.2, 0) is 10.2 Å². The molecule has 6 nitrogen and oxygen atoms in total. The fourth-order valence-corrected chi connectivity index (χ4v) is 3.63. The third-order valence-electron chi connectivity index (χ3n) is 5.32. The molecule has 4 rings (SSSR count). The number of β-amino-alcohol motifs (C(OH)–C–C–N with tert-alkyl or cyclic N) is 1. The van der Waals surface area contributed by atoms with Crippen LogP contribution in [0.15, 0.2) is 42.7 Å². The standard InChI is InChI=1S/C19H21FN4O2/c20-15-5-2-1-4-14(15)19(6-7-19)16(25)23-12-18(26)8-11-24(13-18)17-21-9-3-10-22-17/h1-5,9-10,26H,6-8,11-13H2,(H,23,25). The lowest BCUT2D eigenvalue weighted by Gasteiger charge is -2.25. The maximum absolute atomic E-state index is 14.1. The van der Waals surface area contributed by atoms with Crippen molar-refractivity contribution in [3.63, 3.8) is 0 Å². The van der Waals surface area contributed by atoms with Crippen LogP contribution in [0.5, 0.6) is 0 Å². The van der Waals surface area contributed by atoms with Gasteiger partial charge < -0.3 is 15.3 Å². The summed E-state index contributed by atoms with van der Waals surface area (Å²) in [5, 5.41) is 13.6. The molecule has 1 saturated heterocycles. The molecule has 1 aromatic carbocycles. The smallest absolute Gasteiger partial charge is 0.230 e. The number of anilines is 1. The first-order chi connectivity index (χ1) is 12.5. The number of benzene rings is 1. The number of carbonyl (C=O) groups is 1. The highest BCUT2D eigenvalue weighted by molar-refractivity contribution is 5.91. The molecule has 1 aliphatic carbocycles. The zero-order valence-electron chi connectivity index (χ0n) is 14.4. The van der Waals surface area contributed by atoms with Gasteiger partial charge in [0.1, 0.15) is 11.4 Å². The van der Waals surface area contributed by atoms with Gasteiger partial charge >= 0.3 is 0 Å². The minimum atomic E-state index is -1.04. The highest BCUT2D eigenvalue weighted by atomic mass is 19.1. The van der Waals surface area contributed by atoms with E-state index in [4.69, 9.17) is 0 Å². The highest BCUT2D eigenvalue weighted by Crippen LogP contribution is 2.49. The van der Waals surface area contributed by atoms with Crippen LogP contribution in [-0.4, -0.2) is 46.2 Å². The maximum atomic E-state index is 14.1. The number of carbonyl (C=O) groups excluding carboxylic acids is 1. The van der Waals surface area contributed by atoms with Crippen molar-refractivity contribution in [2.75, 3.05) is 24.5 Å². The molecule has 0 spiro atoms. The molecule has 2 fully saturated rings. The summed E-state index contributed by atoms with van der Waals surface area (Å²) in [5.41, 5.74) is -1.39. The molecule has 1 amide bonds. The van der Waals surface area contributed by atoms with Crippen molar-refractivity contribution in [1.29, 1.82) is 0 Å². The maximum Gasteiger partial charge on any atom is 0.230 e. The van der Waals surface area contributed by atoms with E-state index in [-0.39, 0.29) is 18.3 Å². The van der Waals surface area contributed by atoms with Gasteiger partial charge in [0.2, 0.25) is 11.9 Å². The largest absolute Gasteiger partial charge is 0.386 e. The fraction of sp³-hybridized carbons (Fsp3) is 0.421. The quantitative estimate of drug-likeness (QED) is 0.847. The summed E-state index contributed by atoms with van der Waals surface area (Å²) in [5.74, 6) is -0.00247. The molecule has 0 bridgehead atoms. The van der Waals surface area contributed by atoms with E-state index in [1.54, 1.807) is 36.7 Å². The van der Waals surface area contributed by atoms with Gasteiger partial charge in [-0.05, 0) is 31.4 Å². The van der Waals surface area contributed by atoms with Gasteiger partial charge in [0, 0.05) is 31.0 Å². The Morgan fingerprint density at radius 1 is 1.19 bits per heavy atom. The summed E-state index contributed by atoms with van der Waals surface area (Å²) in [4.78, 5) is 23.0. The van der Waals surface area contributed by atoms with Gasteiger partial charge in [-0.2, -0.15) is 0 Å². The second-order valence-corrected chi connectivity index (χ2v) is 7.19. The molecule has 2 aromatic rings. The highest BCUT2D eigenvalue weighted by Gasteiger charge is 2.53. The Morgan fingerprint density at radius 2 is 1.92 bits per heavy atom. The Labute approximate surface area is 151 Å². The van der Waals surface area contributed by atoms with Gasteiger partial charge in [-0.15, -0.1) is 0 Å². The lowest BCUT2D eigenvalue weighted by atomic mass is 9.93. The van der Waals surface area contributed by atoms with Crippen LogP contribution in [0.25, 0.3) is 0 Å². The minimum absolute atomic E-state index is 0.130. The number of aromatic nitrogens is 2. The molecule has 7 heteroatoms. The topological polar surface area (TPSA) is 78.4 Å². The van der Waals surface area contributed by atoms with Crippen LogP contribution in [0.4, 0.5) is 10.3 Å². The first kappa shape index (κ1) is 16.9. The van der Waals surface area contributed by atoms with Gasteiger partial charge in [-0.25, -0.2) is 14.4 Å². The SMILES string of the molecule is O=C(NCC1(O)CCN(c2ncccn2)C1)C1(c2ccccc2F)CC1. The van der Waals surface area contributed by atoms with Crippen molar-refractivity contribution in [2.45, 2.75) is 30.3 Å². The third-order valence-corrected chi connectivity index (χ3v) is 5.32. The third kappa shape index (κ3) is 3.03. The Balaban J connectivity index is 1.40. The molecule has 1 atom stereocenters. The van der Waals surface area contributed by atoms with E-state index in [1.807, 2.05) is 4.90 Å².